The fourth-order valence-corrected chi connectivity index (χ4v) is 1.46. The van der Waals surface area contributed by atoms with Gasteiger partial charge >= 0.3 is 0 Å². The maximum Gasteiger partial charge on any atom is 0.221 e. The number of carbonyl (C=O) groups is 1. The Kier molecular flexibility index (Phi) is 4.09. The third-order valence-corrected chi connectivity index (χ3v) is 2.17. The van der Waals surface area contributed by atoms with E-state index in [2.05, 4.69) is 29.0 Å². The number of rotatable bonds is 4. The molecule has 0 bridgehead atoms. The van der Waals surface area contributed by atoms with E-state index in [1.54, 1.807) is 12.4 Å². The number of hydrogen-bond acceptors (Lipinski definition) is 3. The van der Waals surface area contributed by atoms with Crippen molar-refractivity contribution in [1.82, 2.24) is 4.98 Å². The molecule has 0 saturated heterocycles. The molecular weight excluding hydrogens is 190 g/mol. The molecule has 1 heterocycles. The van der Waals surface area contributed by atoms with Gasteiger partial charge in [0, 0.05) is 20.0 Å². The van der Waals surface area contributed by atoms with Gasteiger partial charge in [0.2, 0.25) is 5.91 Å². The van der Waals surface area contributed by atoms with Gasteiger partial charge in [-0.15, -0.1) is 0 Å². The Hall–Kier alpha value is -1.58. The first-order valence-electron chi connectivity index (χ1n) is 5.15. The Morgan fingerprint density at radius 2 is 2.07 bits per heavy atom. The van der Waals surface area contributed by atoms with Crippen molar-refractivity contribution >= 4 is 17.3 Å². The lowest BCUT2D eigenvalue weighted by Crippen LogP contribution is -2.22. The van der Waals surface area contributed by atoms with Gasteiger partial charge in [-0.05, 0) is 19.9 Å². The second kappa shape index (κ2) is 5.34. The molecule has 1 N–H and O–H groups in total. The zero-order valence-corrected chi connectivity index (χ0v) is 9.45. The molecule has 0 fully saturated rings. The summed E-state index contributed by atoms with van der Waals surface area (Å²) < 4.78 is 0. The van der Waals surface area contributed by atoms with E-state index in [4.69, 9.17) is 0 Å². The van der Waals surface area contributed by atoms with Crippen molar-refractivity contribution in [3.8, 4) is 0 Å². The maximum absolute atomic E-state index is 10.9. The molecule has 1 amide bonds. The number of nitrogens with zero attached hydrogens (tertiary/aromatic N) is 2. The van der Waals surface area contributed by atoms with Gasteiger partial charge in [-0.1, -0.05) is 0 Å². The summed E-state index contributed by atoms with van der Waals surface area (Å²) in [6, 6.07) is 1.93. The van der Waals surface area contributed by atoms with Gasteiger partial charge in [-0.2, -0.15) is 0 Å². The van der Waals surface area contributed by atoms with Gasteiger partial charge in [0.05, 0.1) is 23.8 Å². The van der Waals surface area contributed by atoms with Crippen LogP contribution in [0.3, 0.4) is 0 Å². The highest BCUT2D eigenvalue weighted by molar-refractivity contribution is 5.88. The molecular formula is C11H17N3O. The molecule has 15 heavy (non-hydrogen) atoms. The van der Waals surface area contributed by atoms with Crippen LogP contribution in [0, 0.1) is 0 Å². The zero-order valence-electron chi connectivity index (χ0n) is 9.45. The molecule has 1 rings (SSSR count). The summed E-state index contributed by atoms with van der Waals surface area (Å²) in [6.07, 6.45) is 3.45. The minimum Gasteiger partial charge on any atom is -0.371 e. The lowest BCUT2D eigenvalue weighted by atomic mass is 10.3. The van der Waals surface area contributed by atoms with Crippen molar-refractivity contribution in [1.29, 1.82) is 0 Å². The average Bonchev–Trinajstić information content (AvgIpc) is 2.19. The highest BCUT2D eigenvalue weighted by atomic mass is 16.1. The number of nitrogens with one attached hydrogen (secondary N) is 1. The summed E-state index contributed by atoms with van der Waals surface area (Å²) in [5.74, 6) is -0.0755. The summed E-state index contributed by atoms with van der Waals surface area (Å²) >= 11 is 0. The molecule has 1 aromatic heterocycles. The van der Waals surface area contributed by atoms with Crippen LogP contribution in [0.5, 0.6) is 0 Å². The van der Waals surface area contributed by atoms with Crippen molar-refractivity contribution in [2.75, 3.05) is 23.3 Å². The van der Waals surface area contributed by atoms with Crippen LogP contribution in [0.4, 0.5) is 11.4 Å². The predicted molar refractivity (Wildman–Crippen MR) is 62.1 cm³/mol. The van der Waals surface area contributed by atoms with Gasteiger partial charge in [0.25, 0.3) is 0 Å². The van der Waals surface area contributed by atoms with Crippen LogP contribution < -0.4 is 10.2 Å². The Morgan fingerprint density at radius 1 is 1.40 bits per heavy atom. The summed E-state index contributed by atoms with van der Waals surface area (Å²) in [5.41, 5.74) is 1.78. The van der Waals surface area contributed by atoms with Crippen LogP contribution in [0.2, 0.25) is 0 Å². The van der Waals surface area contributed by atoms with E-state index >= 15 is 0 Å². The molecule has 0 aromatic carbocycles. The number of carbonyl (C=O) groups excluding carboxylic acids is 1. The van der Waals surface area contributed by atoms with E-state index < -0.39 is 0 Å². The highest BCUT2D eigenvalue weighted by Crippen LogP contribution is 2.17. The summed E-state index contributed by atoms with van der Waals surface area (Å²) in [6.45, 7) is 7.54. The lowest BCUT2D eigenvalue weighted by molar-refractivity contribution is -0.114. The van der Waals surface area contributed by atoms with Gasteiger partial charge in [0.15, 0.2) is 0 Å². The molecule has 4 heteroatoms. The Bertz CT molecular complexity index is 334. The van der Waals surface area contributed by atoms with E-state index in [-0.39, 0.29) is 5.91 Å². The van der Waals surface area contributed by atoms with Crippen molar-refractivity contribution in [2.24, 2.45) is 0 Å². The monoisotopic (exact) mass is 207 g/mol. The van der Waals surface area contributed by atoms with Gasteiger partial charge < -0.3 is 10.2 Å². The molecule has 0 saturated carbocycles. The van der Waals surface area contributed by atoms with Crippen molar-refractivity contribution < 1.29 is 4.79 Å². The van der Waals surface area contributed by atoms with Gasteiger partial charge in [-0.25, -0.2) is 0 Å². The first-order valence-corrected chi connectivity index (χ1v) is 5.15. The van der Waals surface area contributed by atoms with E-state index in [0.717, 1.165) is 24.5 Å². The molecule has 82 valence electrons. The fraction of sp³-hybridized carbons (Fsp3) is 0.455. The molecule has 1 aromatic rings. The zero-order chi connectivity index (χ0) is 11.3. The molecule has 0 spiro atoms. The van der Waals surface area contributed by atoms with Crippen LogP contribution in [0.25, 0.3) is 0 Å². The molecule has 0 radical (unpaired) electrons. The van der Waals surface area contributed by atoms with Crippen LogP contribution in [0.15, 0.2) is 18.5 Å². The Morgan fingerprint density at radius 3 is 2.60 bits per heavy atom. The number of hydrogen-bond donors (Lipinski definition) is 1. The Labute approximate surface area is 90.3 Å². The molecule has 0 aliphatic heterocycles. The number of amides is 1. The SMILES string of the molecule is CCN(CC)c1cncc(NC(C)=O)c1. The number of pyridine rings is 1. The Balaban J connectivity index is 2.86. The maximum atomic E-state index is 10.9. The largest absolute Gasteiger partial charge is 0.371 e. The summed E-state index contributed by atoms with van der Waals surface area (Å²) in [7, 11) is 0. The molecule has 0 unspecified atom stereocenters. The van der Waals surface area contributed by atoms with E-state index in [1.165, 1.54) is 6.92 Å². The van der Waals surface area contributed by atoms with Crippen LogP contribution in [0.1, 0.15) is 20.8 Å². The molecule has 0 aliphatic rings. The molecule has 0 aliphatic carbocycles. The number of aromatic nitrogens is 1. The topological polar surface area (TPSA) is 45.2 Å². The van der Waals surface area contributed by atoms with E-state index in [9.17, 15) is 4.79 Å². The van der Waals surface area contributed by atoms with Crippen LogP contribution >= 0.6 is 0 Å². The standard InChI is InChI=1S/C11H17N3O/c1-4-14(5-2)11-6-10(7-12-8-11)13-9(3)15/h6-8H,4-5H2,1-3H3,(H,13,15). The van der Waals surface area contributed by atoms with Crippen LogP contribution in [-0.4, -0.2) is 24.0 Å². The second-order valence-electron chi connectivity index (χ2n) is 3.29. The first-order chi connectivity index (χ1) is 7.17. The summed E-state index contributed by atoms with van der Waals surface area (Å²) in [4.78, 5) is 17.2. The van der Waals surface area contributed by atoms with Crippen molar-refractivity contribution in [3.05, 3.63) is 18.5 Å². The van der Waals surface area contributed by atoms with Crippen molar-refractivity contribution in [3.63, 3.8) is 0 Å². The third kappa shape index (κ3) is 3.23. The minimum atomic E-state index is -0.0755. The molecule has 4 nitrogen and oxygen atoms in total. The van der Waals surface area contributed by atoms with Gasteiger partial charge in [-0.3, -0.25) is 9.78 Å². The highest BCUT2D eigenvalue weighted by Gasteiger charge is 2.03. The van der Waals surface area contributed by atoms with E-state index in [1.807, 2.05) is 6.07 Å². The van der Waals surface area contributed by atoms with Crippen LogP contribution in [-0.2, 0) is 4.79 Å². The van der Waals surface area contributed by atoms with E-state index in [0.29, 0.717) is 0 Å². The third-order valence-electron chi connectivity index (χ3n) is 2.17. The fourth-order valence-electron chi connectivity index (χ4n) is 1.46. The normalized spacial score (nSPS) is 9.80. The quantitative estimate of drug-likeness (QED) is 0.820. The first kappa shape index (κ1) is 11.5. The lowest BCUT2D eigenvalue weighted by Gasteiger charge is -2.20. The van der Waals surface area contributed by atoms with Gasteiger partial charge in [0.1, 0.15) is 0 Å². The second-order valence-corrected chi connectivity index (χ2v) is 3.29. The predicted octanol–water partition coefficient (Wildman–Crippen LogP) is 1.89. The smallest absolute Gasteiger partial charge is 0.221 e. The molecule has 0 atom stereocenters. The average molecular weight is 207 g/mol. The number of anilines is 2. The summed E-state index contributed by atoms with van der Waals surface area (Å²) in [5, 5.41) is 2.72. The minimum absolute atomic E-state index is 0.0755. The van der Waals surface area contributed by atoms with Crippen molar-refractivity contribution in [2.45, 2.75) is 20.8 Å².